The minimum Gasteiger partial charge on any atom is -0.497 e. The standard InChI is InChI=1S/C20H17N5O3/c1-28-19-9-5-8-17(14-19)22-24-20(23-21-16-6-3-2-4-7-16)15-10-12-18(13-11-15)25(26)27/h2-14,22H,1H3/b23-21?,24-20+. The summed E-state index contributed by atoms with van der Waals surface area (Å²) in [4.78, 5) is 10.4. The number of amidine groups is 1. The summed E-state index contributed by atoms with van der Waals surface area (Å²) in [7, 11) is 1.58. The van der Waals surface area contributed by atoms with Crippen LogP contribution < -0.4 is 10.2 Å². The molecular formula is C20H17N5O3. The fourth-order valence-electron chi connectivity index (χ4n) is 2.29. The number of non-ortho nitro benzene ring substituents is 1. The predicted molar refractivity (Wildman–Crippen MR) is 107 cm³/mol. The number of nitrogens with one attached hydrogen (secondary N) is 1. The molecule has 0 radical (unpaired) electrons. The van der Waals surface area contributed by atoms with E-state index in [-0.39, 0.29) is 11.5 Å². The molecule has 0 atom stereocenters. The van der Waals surface area contributed by atoms with Crippen LogP contribution in [0.1, 0.15) is 5.56 Å². The highest BCUT2D eigenvalue weighted by molar-refractivity contribution is 5.99. The molecule has 0 bridgehead atoms. The van der Waals surface area contributed by atoms with Crippen molar-refractivity contribution in [2.75, 3.05) is 12.5 Å². The van der Waals surface area contributed by atoms with Gasteiger partial charge in [0.15, 0.2) is 0 Å². The lowest BCUT2D eigenvalue weighted by Gasteiger charge is -2.05. The van der Waals surface area contributed by atoms with Gasteiger partial charge in [-0.1, -0.05) is 24.3 Å². The zero-order valence-corrected chi connectivity index (χ0v) is 15.0. The third-order valence-corrected chi connectivity index (χ3v) is 3.71. The highest BCUT2D eigenvalue weighted by Crippen LogP contribution is 2.19. The molecule has 3 aromatic rings. The molecule has 0 amide bonds. The molecule has 0 unspecified atom stereocenters. The van der Waals surface area contributed by atoms with Crippen LogP contribution in [-0.2, 0) is 0 Å². The minimum absolute atomic E-state index is 0.0103. The smallest absolute Gasteiger partial charge is 0.269 e. The van der Waals surface area contributed by atoms with Gasteiger partial charge in [0.1, 0.15) is 5.75 Å². The van der Waals surface area contributed by atoms with Crippen LogP contribution in [0.4, 0.5) is 17.1 Å². The average molecular weight is 375 g/mol. The summed E-state index contributed by atoms with van der Waals surface area (Å²) in [5, 5.41) is 23.6. The molecule has 0 aliphatic rings. The molecule has 8 nitrogen and oxygen atoms in total. The van der Waals surface area contributed by atoms with Crippen LogP contribution in [0.5, 0.6) is 5.75 Å². The molecule has 0 spiro atoms. The van der Waals surface area contributed by atoms with Gasteiger partial charge in [-0.3, -0.25) is 15.5 Å². The third kappa shape index (κ3) is 4.98. The molecular weight excluding hydrogens is 358 g/mol. The number of hydrazone groups is 1. The van der Waals surface area contributed by atoms with Crippen LogP contribution >= 0.6 is 0 Å². The number of benzene rings is 3. The molecule has 3 rings (SSSR count). The van der Waals surface area contributed by atoms with Crippen LogP contribution in [0, 0.1) is 10.1 Å². The normalized spacial score (nSPS) is 11.4. The van der Waals surface area contributed by atoms with Crippen molar-refractivity contribution >= 4 is 22.9 Å². The van der Waals surface area contributed by atoms with Gasteiger partial charge in [0.2, 0.25) is 5.84 Å². The molecule has 0 fully saturated rings. The number of rotatable bonds is 6. The molecule has 140 valence electrons. The Bertz CT molecular complexity index is 1000. The first-order chi connectivity index (χ1) is 13.7. The largest absolute Gasteiger partial charge is 0.497 e. The van der Waals surface area contributed by atoms with Gasteiger partial charge in [-0.2, -0.15) is 5.10 Å². The summed E-state index contributed by atoms with van der Waals surface area (Å²) < 4.78 is 5.19. The molecule has 0 saturated carbocycles. The van der Waals surface area contributed by atoms with E-state index in [0.29, 0.717) is 22.7 Å². The SMILES string of the molecule is COc1cccc(N/N=C(/N=Nc2ccccc2)c2ccc([N+](=O)[O-])cc2)c1. The number of nitrogens with zero attached hydrogens (tertiary/aromatic N) is 4. The van der Waals surface area contributed by atoms with E-state index in [9.17, 15) is 10.1 Å². The van der Waals surface area contributed by atoms with E-state index in [2.05, 4.69) is 20.8 Å². The van der Waals surface area contributed by atoms with Gasteiger partial charge in [-0.05, 0) is 36.4 Å². The highest BCUT2D eigenvalue weighted by atomic mass is 16.6. The van der Waals surface area contributed by atoms with Crippen LogP contribution in [0.15, 0.2) is 94.2 Å². The summed E-state index contributed by atoms with van der Waals surface area (Å²) >= 11 is 0. The lowest BCUT2D eigenvalue weighted by molar-refractivity contribution is -0.384. The predicted octanol–water partition coefficient (Wildman–Crippen LogP) is 5.16. The Morgan fingerprint density at radius 3 is 2.43 bits per heavy atom. The van der Waals surface area contributed by atoms with Crippen molar-refractivity contribution in [3.63, 3.8) is 0 Å². The van der Waals surface area contributed by atoms with E-state index < -0.39 is 4.92 Å². The minimum atomic E-state index is -0.458. The van der Waals surface area contributed by atoms with Gasteiger partial charge in [0, 0.05) is 23.8 Å². The number of azo groups is 1. The van der Waals surface area contributed by atoms with E-state index >= 15 is 0 Å². The van der Waals surface area contributed by atoms with Gasteiger partial charge in [-0.15, -0.1) is 10.2 Å². The zero-order chi connectivity index (χ0) is 19.8. The first-order valence-corrected chi connectivity index (χ1v) is 8.35. The zero-order valence-electron chi connectivity index (χ0n) is 15.0. The Kier molecular flexibility index (Phi) is 6.04. The first kappa shape index (κ1) is 18.7. The van der Waals surface area contributed by atoms with Gasteiger partial charge in [-0.25, -0.2) is 0 Å². The Morgan fingerprint density at radius 2 is 1.75 bits per heavy atom. The summed E-state index contributed by atoms with van der Waals surface area (Å²) in [6.45, 7) is 0. The van der Waals surface area contributed by atoms with E-state index in [1.165, 1.54) is 12.1 Å². The molecule has 28 heavy (non-hydrogen) atoms. The Morgan fingerprint density at radius 1 is 1.00 bits per heavy atom. The Balaban J connectivity index is 1.90. The van der Waals surface area contributed by atoms with Crippen molar-refractivity contribution in [1.29, 1.82) is 0 Å². The molecule has 3 aromatic carbocycles. The van der Waals surface area contributed by atoms with Gasteiger partial charge < -0.3 is 4.74 Å². The van der Waals surface area contributed by atoms with Crippen molar-refractivity contribution in [2.45, 2.75) is 0 Å². The summed E-state index contributed by atoms with van der Waals surface area (Å²) in [6.07, 6.45) is 0. The number of nitro benzene ring substituents is 1. The molecule has 0 heterocycles. The highest BCUT2D eigenvalue weighted by Gasteiger charge is 2.08. The molecule has 0 aliphatic heterocycles. The molecule has 1 N–H and O–H groups in total. The van der Waals surface area contributed by atoms with Gasteiger partial charge in [0.05, 0.1) is 23.4 Å². The number of hydrogen-bond donors (Lipinski definition) is 1. The maximum Gasteiger partial charge on any atom is 0.269 e. The molecule has 0 aromatic heterocycles. The first-order valence-electron chi connectivity index (χ1n) is 8.35. The van der Waals surface area contributed by atoms with E-state index in [1.54, 1.807) is 25.3 Å². The van der Waals surface area contributed by atoms with E-state index in [4.69, 9.17) is 4.74 Å². The second kappa shape index (κ2) is 9.04. The number of anilines is 1. The van der Waals surface area contributed by atoms with Gasteiger partial charge in [0.25, 0.3) is 5.69 Å². The number of ether oxygens (including phenoxy) is 1. The Labute approximate surface area is 161 Å². The van der Waals surface area contributed by atoms with Crippen molar-refractivity contribution < 1.29 is 9.66 Å². The fourth-order valence-corrected chi connectivity index (χ4v) is 2.29. The summed E-state index contributed by atoms with van der Waals surface area (Å²) in [6, 6.07) is 22.4. The molecule has 0 saturated heterocycles. The molecule has 8 heteroatoms. The number of hydrogen-bond acceptors (Lipinski definition) is 6. The average Bonchev–Trinajstić information content (AvgIpc) is 2.75. The van der Waals surface area contributed by atoms with Crippen LogP contribution in [0.2, 0.25) is 0 Å². The van der Waals surface area contributed by atoms with Crippen molar-refractivity contribution in [3.05, 3.63) is 94.5 Å². The maximum atomic E-state index is 10.9. The van der Waals surface area contributed by atoms with E-state index in [0.717, 1.165) is 0 Å². The second-order valence-electron chi connectivity index (χ2n) is 5.62. The fraction of sp³-hybridized carbons (Fsp3) is 0.0500. The third-order valence-electron chi connectivity index (χ3n) is 3.71. The van der Waals surface area contributed by atoms with E-state index in [1.807, 2.05) is 48.5 Å². The lowest BCUT2D eigenvalue weighted by atomic mass is 10.2. The van der Waals surface area contributed by atoms with Crippen LogP contribution in [0.3, 0.4) is 0 Å². The number of methoxy groups -OCH3 is 1. The van der Waals surface area contributed by atoms with Crippen molar-refractivity contribution in [2.24, 2.45) is 15.3 Å². The van der Waals surface area contributed by atoms with Crippen LogP contribution in [0.25, 0.3) is 0 Å². The molecule has 0 aliphatic carbocycles. The lowest BCUT2D eigenvalue weighted by Crippen LogP contribution is -2.02. The quantitative estimate of drug-likeness (QED) is 0.211. The number of nitro groups is 1. The van der Waals surface area contributed by atoms with Crippen molar-refractivity contribution in [1.82, 2.24) is 0 Å². The monoisotopic (exact) mass is 375 g/mol. The van der Waals surface area contributed by atoms with Crippen molar-refractivity contribution in [3.8, 4) is 5.75 Å². The Hall–Kier alpha value is -4.07. The van der Waals surface area contributed by atoms with Crippen LogP contribution in [-0.4, -0.2) is 17.9 Å². The maximum absolute atomic E-state index is 10.9. The summed E-state index contributed by atoms with van der Waals surface area (Å²) in [5.41, 5.74) is 4.85. The topological polar surface area (TPSA) is 101 Å². The second-order valence-corrected chi connectivity index (χ2v) is 5.62. The summed E-state index contributed by atoms with van der Waals surface area (Å²) in [5.74, 6) is 0.963. The van der Waals surface area contributed by atoms with Gasteiger partial charge >= 0.3 is 0 Å².